The van der Waals surface area contributed by atoms with Gasteiger partial charge in [0.05, 0.1) is 25.7 Å². The summed E-state index contributed by atoms with van der Waals surface area (Å²) in [5, 5.41) is 9.33. The third-order valence-corrected chi connectivity index (χ3v) is 2.46. The van der Waals surface area contributed by atoms with Crippen LogP contribution in [0.3, 0.4) is 0 Å². The third kappa shape index (κ3) is 3.00. The van der Waals surface area contributed by atoms with Gasteiger partial charge >= 0.3 is 17.1 Å². The van der Waals surface area contributed by atoms with E-state index in [4.69, 9.17) is 0 Å². The van der Waals surface area contributed by atoms with Gasteiger partial charge in [-0.25, -0.2) is 28.1 Å². The first kappa shape index (κ1) is 14.9. The van der Waals surface area contributed by atoms with Gasteiger partial charge in [0.1, 0.15) is 0 Å². The van der Waals surface area contributed by atoms with Crippen LogP contribution in [0.4, 0.5) is 0 Å². The van der Waals surface area contributed by atoms with E-state index in [2.05, 4.69) is 13.2 Å². The maximum absolute atomic E-state index is 12.0. The van der Waals surface area contributed by atoms with E-state index in [1.807, 2.05) is 0 Å². The van der Waals surface area contributed by atoms with Crippen LogP contribution in [0.15, 0.2) is 39.7 Å². The molecule has 1 N–H and O–H groups in total. The predicted molar refractivity (Wildman–Crippen MR) is 71.3 cm³/mol. The number of nitrogens with zero attached hydrogens (tertiary/aromatic N) is 3. The Morgan fingerprint density at radius 2 is 1.37 bits per heavy atom. The SMILES string of the molecule is C=CCn1c(=O)n(CC=C)c(=O)n(CC(C)O)c1=O. The fourth-order valence-electron chi connectivity index (χ4n) is 1.67. The van der Waals surface area contributed by atoms with Gasteiger partial charge in [-0.3, -0.25) is 0 Å². The molecule has 0 amide bonds. The number of allylic oxidation sites excluding steroid dienone is 2. The second kappa shape index (κ2) is 6.14. The summed E-state index contributed by atoms with van der Waals surface area (Å²) in [4.78, 5) is 36.0. The van der Waals surface area contributed by atoms with E-state index in [-0.39, 0.29) is 19.6 Å². The van der Waals surface area contributed by atoms with Crippen LogP contribution in [0.2, 0.25) is 0 Å². The highest BCUT2D eigenvalue weighted by Gasteiger charge is 2.14. The van der Waals surface area contributed by atoms with Crippen molar-refractivity contribution in [2.45, 2.75) is 32.7 Å². The van der Waals surface area contributed by atoms with E-state index >= 15 is 0 Å². The van der Waals surface area contributed by atoms with Gasteiger partial charge in [0, 0.05) is 0 Å². The highest BCUT2D eigenvalue weighted by atomic mass is 16.3. The summed E-state index contributed by atoms with van der Waals surface area (Å²) >= 11 is 0. The Labute approximate surface area is 109 Å². The largest absolute Gasteiger partial charge is 0.392 e. The number of hydrogen-bond donors (Lipinski definition) is 1. The quantitative estimate of drug-likeness (QED) is 0.665. The zero-order valence-electron chi connectivity index (χ0n) is 10.8. The molecule has 0 saturated carbocycles. The van der Waals surface area contributed by atoms with Crippen molar-refractivity contribution in [3.05, 3.63) is 56.8 Å². The summed E-state index contributed by atoms with van der Waals surface area (Å²) < 4.78 is 2.61. The number of rotatable bonds is 6. The standard InChI is InChI=1S/C12H17N3O4/c1-4-6-13-10(17)14(7-5-2)12(19)15(11(13)18)8-9(3)16/h4-5,9,16H,1-2,6-8H2,3H3. The van der Waals surface area contributed by atoms with Gasteiger partial charge in [-0.1, -0.05) is 12.2 Å². The van der Waals surface area contributed by atoms with Gasteiger partial charge in [-0.2, -0.15) is 0 Å². The van der Waals surface area contributed by atoms with Crippen molar-refractivity contribution in [2.24, 2.45) is 0 Å². The molecule has 1 aromatic heterocycles. The Kier molecular flexibility index (Phi) is 4.82. The molecule has 0 aromatic carbocycles. The number of hydrogen-bond acceptors (Lipinski definition) is 4. The maximum Gasteiger partial charge on any atom is 0.336 e. The number of aliphatic hydroxyl groups is 1. The monoisotopic (exact) mass is 267 g/mol. The molecular formula is C12H17N3O4. The molecule has 0 bridgehead atoms. The van der Waals surface area contributed by atoms with Crippen molar-refractivity contribution in [1.82, 2.24) is 13.7 Å². The lowest BCUT2D eigenvalue weighted by Crippen LogP contribution is -2.55. The zero-order chi connectivity index (χ0) is 14.6. The molecule has 0 aliphatic heterocycles. The summed E-state index contributed by atoms with van der Waals surface area (Å²) in [5.41, 5.74) is -2.22. The Hall–Kier alpha value is -2.15. The highest BCUT2D eigenvalue weighted by Crippen LogP contribution is 1.84. The van der Waals surface area contributed by atoms with E-state index in [1.54, 1.807) is 0 Å². The van der Waals surface area contributed by atoms with Gasteiger partial charge in [0.25, 0.3) is 0 Å². The molecule has 1 aromatic rings. The average Bonchev–Trinajstić information content (AvgIpc) is 2.35. The van der Waals surface area contributed by atoms with Crippen LogP contribution in [0.5, 0.6) is 0 Å². The van der Waals surface area contributed by atoms with Crippen molar-refractivity contribution in [2.75, 3.05) is 0 Å². The van der Waals surface area contributed by atoms with Crippen LogP contribution in [0.25, 0.3) is 0 Å². The summed E-state index contributed by atoms with van der Waals surface area (Å²) in [6.07, 6.45) is 1.90. The normalized spacial score (nSPS) is 12.1. The molecule has 7 nitrogen and oxygen atoms in total. The Morgan fingerprint density at radius 1 is 1.00 bits per heavy atom. The maximum atomic E-state index is 12.0. The minimum absolute atomic E-state index is 0.00506. The lowest BCUT2D eigenvalue weighted by Gasteiger charge is -2.13. The molecule has 19 heavy (non-hydrogen) atoms. The Balaban J connectivity index is 3.68. The van der Waals surface area contributed by atoms with Crippen LogP contribution in [-0.4, -0.2) is 24.9 Å². The molecule has 0 radical (unpaired) electrons. The van der Waals surface area contributed by atoms with Crippen LogP contribution in [0, 0.1) is 0 Å². The molecule has 0 fully saturated rings. The summed E-state index contributed by atoms with van der Waals surface area (Å²) in [6, 6.07) is 0. The molecule has 1 rings (SSSR count). The summed E-state index contributed by atoms with van der Waals surface area (Å²) in [7, 11) is 0. The van der Waals surface area contributed by atoms with Crippen LogP contribution in [-0.2, 0) is 19.6 Å². The highest BCUT2D eigenvalue weighted by molar-refractivity contribution is 4.84. The van der Waals surface area contributed by atoms with Crippen molar-refractivity contribution < 1.29 is 5.11 Å². The fourth-order valence-corrected chi connectivity index (χ4v) is 1.67. The van der Waals surface area contributed by atoms with Gasteiger partial charge in [-0.05, 0) is 6.92 Å². The molecule has 0 saturated heterocycles. The lowest BCUT2D eigenvalue weighted by atomic mass is 10.4. The minimum Gasteiger partial charge on any atom is -0.392 e. The van der Waals surface area contributed by atoms with Crippen molar-refractivity contribution in [1.29, 1.82) is 0 Å². The first-order chi connectivity index (χ1) is 8.93. The first-order valence-electron chi connectivity index (χ1n) is 5.78. The molecule has 0 spiro atoms. The smallest absolute Gasteiger partial charge is 0.336 e. The second-order valence-corrected chi connectivity index (χ2v) is 4.11. The third-order valence-electron chi connectivity index (χ3n) is 2.46. The second-order valence-electron chi connectivity index (χ2n) is 4.11. The molecular weight excluding hydrogens is 250 g/mol. The number of aromatic nitrogens is 3. The predicted octanol–water partition coefficient (Wildman–Crippen LogP) is -1.08. The van der Waals surface area contributed by atoms with Gasteiger partial charge in [-0.15, -0.1) is 13.2 Å². The van der Waals surface area contributed by atoms with Crippen molar-refractivity contribution in [3.8, 4) is 0 Å². The molecule has 1 heterocycles. The average molecular weight is 267 g/mol. The molecule has 104 valence electrons. The first-order valence-corrected chi connectivity index (χ1v) is 5.78. The van der Waals surface area contributed by atoms with Crippen LogP contribution in [0.1, 0.15) is 6.92 Å². The van der Waals surface area contributed by atoms with Gasteiger partial charge in [0.15, 0.2) is 0 Å². The molecule has 0 aliphatic carbocycles. The molecule has 1 atom stereocenters. The van der Waals surface area contributed by atoms with E-state index < -0.39 is 23.2 Å². The Bertz CT molecular complexity index is 600. The summed E-state index contributed by atoms with van der Waals surface area (Å²) in [5.74, 6) is 0. The molecule has 7 heteroatoms. The van der Waals surface area contributed by atoms with E-state index in [9.17, 15) is 19.5 Å². The van der Waals surface area contributed by atoms with Crippen LogP contribution < -0.4 is 17.1 Å². The molecule has 1 unspecified atom stereocenters. The number of aliphatic hydroxyl groups excluding tert-OH is 1. The zero-order valence-corrected chi connectivity index (χ0v) is 10.8. The minimum atomic E-state index is -0.878. The van der Waals surface area contributed by atoms with Crippen molar-refractivity contribution >= 4 is 0 Å². The van der Waals surface area contributed by atoms with E-state index in [1.165, 1.54) is 19.1 Å². The summed E-state index contributed by atoms with van der Waals surface area (Å²) in [6.45, 7) is 8.19. The topological polar surface area (TPSA) is 86.2 Å². The molecule has 0 aliphatic rings. The van der Waals surface area contributed by atoms with Crippen molar-refractivity contribution in [3.63, 3.8) is 0 Å². The van der Waals surface area contributed by atoms with E-state index in [0.29, 0.717) is 0 Å². The van der Waals surface area contributed by atoms with Gasteiger partial charge < -0.3 is 5.11 Å². The lowest BCUT2D eigenvalue weighted by molar-refractivity contribution is 0.167. The van der Waals surface area contributed by atoms with Crippen LogP contribution >= 0.6 is 0 Å². The van der Waals surface area contributed by atoms with E-state index in [0.717, 1.165) is 13.7 Å². The fraction of sp³-hybridized carbons (Fsp3) is 0.417. The Morgan fingerprint density at radius 3 is 1.68 bits per heavy atom. The van der Waals surface area contributed by atoms with Gasteiger partial charge in [0.2, 0.25) is 0 Å².